The molecule has 17 aliphatic carbocycles. The lowest BCUT2D eigenvalue weighted by atomic mass is 9.43. The Morgan fingerprint density at radius 3 is 1.55 bits per heavy atom. The second kappa shape index (κ2) is 14.1. The van der Waals surface area contributed by atoms with Gasteiger partial charge in [-0.1, -0.05) is 42.4 Å². The third kappa shape index (κ3) is 4.68. The highest BCUT2D eigenvalue weighted by Gasteiger charge is 2.93. The lowest BCUT2D eigenvalue weighted by Gasteiger charge is -2.61. The van der Waals surface area contributed by atoms with Gasteiger partial charge in [-0.15, -0.1) is 0 Å². The van der Waals surface area contributed by atoms with Crippen LogP contribution in [-0.2, 0) is 17.3 Å². The molecule has 14 saturated carbocycles. The Balaban J connectivity index is 0.850. The molecule has 0 spiro atoms. The highest BCUT2D eigenvalue weighted by Crippen LogP contribution is 2.96. The van der Waals surface area contributed by atoms with Crippen molar-refractivity contribution in [3.05, 3.63) is 69.8 Å². The molecule has 2 aromatic carbocycles. The molecule has 21 rings (SSSR count). The van der Waals surface area contributed by atoms with E-state index < -0.39 is 92.8 Å². The van der Waals surface area contributed by atoms with E-state index in [0.29, 0.717) is 101 Å². The van der Waals surface area contributed by atoms with E-state index >= 15 is 43.9 Å². The molecular formula is C61H48F18N4S2. The van der Waals surface area contributed by atoms with Gasteiger partial charge in [-0.3, -0.25) is 0 Å². The van der Waals surface area contributed by atoms with Crippen LogP contribution in [0.15, 0.2) is 47.6 Å². The topological polar surface area (TPSA) is 51.6 Å². The Morgan fingerprint density at radius 1 is 0.400 bits per heavy atom. The van der Waals surface area contributed by atoms with Crippen LogP contribution in [0, 0.1) is 183 Å². The highest BCUT2D eigenvalue weighted by atomic mass is 32.1. The predicted octanol–water partition coefficient (Wildman–Crippen LogP) is 15.6. The zero-order valence-electron chi connectivity index (χ0n) is 44.1. The molecule has 450 valence electrons. The molecule has 24 heteroatoms. The van der Waals surface area contributed by atoms with Gasteiger partial charge in [0, 0.05) is 11.0 Å². The lowest BCUT2D eigenvalue weighted by Crippen LogP contribution is -2.59. The molecule has 0 bridgehead atoms. The number of hydrogen-bond donors (Lipinski definition) is 0. The Morgan fingerprint density at radius 2 is 0.882 bits per heavy atom. The van der Waals surface area contributed by atoms with E-state index in [9.17, 15) is 35.1 Å². The van der Waals surface area contributed by atoms with Crippen LogP contribution in [0.2, 0.25) is 0 Å². The molecule has 0 N–H and O–H groups in total. The van der Waals surface area contributed by atoms with Gasteiger partial charge in [0.15, 0.2) is 0 Å². The largest absolute Gasteiger partial charge is 0.460 e. The maximum atomic E-state index is 17.0. The lowest BCUT2D eigenvalue weighted by molar-refractivity contribution is -0.399. The number of alkyl halides is 18. The average Bonchev–Trinajstić information content (AvgIpc) is 1.43. The minimum Gasteiger partial charge on any atom is -0.194 e. The van der Waals surface area contributed by atoms with E-state index in [2.05, 4.69) is 36.6 Å². The van der Waals surface area contributed by atoms with Crippen molar-refractivity contribution in [3.8, 4) is 0 Å². The van der Waals surface area contributed by atoms with Crippen LogP contribution >= 0.6 is 23.5 Å². The molecule has 17 aliphatic rings. The molecule has 14 fully saturated rings. The number of fused-ring (bicyclic) bond motifs is 10. The molecule has 4 aromatic rings. The SMILES string of the molecule is CC1C2C3C=CC4C5CCC6C7CCC8C9C7C7C6C5C5C6C%10=C(C3C45)C2C2C1C1C3C2C%10C(C67)C9C3C8C2C1C2(c1cc(C(F)(F)C(F)(F)C(F)(F)C(F)(F)F)cc2nsnc12)c1ccc(C(F)(F)C(F)(F)C(F)(F)C(F)(F)F)c2nsnc12. The fraction of sp³-hybridized carbons (Fsp3) is 0.738. The van der Waals surface area contributed by atoms with Gasteiger partial charge < -0.3 is 0 Å². The smallest absolute Gasteiger partial charge is 0.194 e. The summed E-state index contributed by atoms with van der Waals surface area (Å²) in [4.78, 5) is 0. The minimum absolute atomic E-state index is 0.00641. The van der Waals surface area contributed by atoms with Crippen molar-refractivity contribution in [2.75, 3.05) is 0 Å². The fourth-order valence-corrected chi connectivity index (χ4v) is 30.5. The summed E-state index contributed by atoms with van der Waals surface area (Å²) < 4.78 is 290. The molecule has 32 atom stereocenters. The molecule has 0 saturated heterocycles. The van der Waals surface area contributed by atoms with Crippen LogP contribution < -0.4 is 0 Å². The van der Waals surface area contributed by atoms with Crippen LogP contribution in [0.25, 0.3) is 22.1 Å². The van der Waals surface area contributed by atoms with Crippen molar-refractivity contribution in [2.45, 2.75) is 85.9 Å². The molecule has 0 aliphatic heterocycles. The van der Waals surface area contributed by atoms with Gasteiger partial charge in [-0.25, -0.2) is 0 Å². The second-order valence-corrected chi connectivity index (χ2v) is 31.3. The van der Waals surface area contributed by atoms with E-state index in [1.807, 2.05) is 0 Å². The van der Waals surface area contributed by atoms with Gasteiger partial charge in [0.1, 0.15) is 22.1 Å². The van der Waals surface area contributed by atoms with Gasteiger partial charge in [0.05, 0.1) is 29.0 Å². The Labute approximate surface area is 479 Å². The minimum atomic E-state index is -7.31. The maximum absolute atomic E-state index is 17.0. The number of nitrogens with zero attached hydrogens (tertiary/aromatic N) is 4. The van der Waals surface area contributed by atoms with Crippen molar-refractivity contribution in [2.24, 2.45) is 183 Å². The summed E-state index contributed by atoms with van der Waals surface area (Å²) in [5, 5.41) is 0. The van der Waals surface area contributed by atoms with Crippen LogP contribution in [0.1, 0.15) is 54.9 Å². The number of halogens is 18. The summed E-state index contributed by atoms with van der Waals surface area (Å²) >= 11 is 0.530. The summed E-state index contributed by atoms with van der Waals surface area (Å²) in [6.07, 6.45) is -5.14. The van der Waals surface area contributed by atoms with Crippen molar-refractivity contribution in [1.82, 2.24) is 17.5 Å². The van der Waals surface area contributed by atoms with Crippen molar-refractivity contribution >= 4 is 45.5 Å². The molecule has 2 heterocycles. The summed E-state index contributed by atoms with van der Waals surface area (Å²) in [6, 6.07) is 1.84. The third-order valence-electron chi connectivity index (χ3n) is 29.7. The van der Waals surface area contributed by atoms with E-state index in [1.54, 1.807) is 11.1 Å². The number of hydrogen-bond acceptors (Lipinski definition) is 6. The second-order valence-electron chi connectivity index (χ2n) is 30.3. The monoisotopic (exact) mass is 1240 g/mol. The van der Waals surface area contributed by atoms with Gasteiger partial charge in [-0.2, -0.15) is 96.5 Å². The summed E-state index contributed by atoms with van der Waals surface area (Å²) in [5.74, 6) is -35.1. The number of benzene rings is 2. The molecule has 85 heavy (non-hydrogen) atoms. The van der Waals surface area contributed by atoms with Crippen molar-refractivity contribution < 1.29 is 79.0 Å². The zero-order valence-corrected chi connectivity index (χ0v) is 45.7. The van der Waals surface area contributed by atoms with Gasteiger partial charge in [0.25, 0.3) is 0 Å². The molecule has 0 radical (unpaired) electrons. The average molecular weight is 1240 g/mol. The number of rotatable bonds is 8. The quantitative estimate of drug-likeness (QED) is 0.130. The van der Waals surface area contributed by atoms with E-state index in [4.69, 9.17) is 0 Å². The van der Waals surface area contributed by atoms with Crippen molar-refractivity contribution in [3.63, 3.8) is 0 Å². The molecule has 4 nitrogen and oxygen atoms in total. The molecule has 0 amide bonds. The zero-order chi connectivity index (χ0) is 58.5. The number of allylic oxidation sites excluding steroid dienone is 4. The van der Waals surface area contributed by atoms with Gasteiger partial charge >= 0.3 is 47.9 Å². The Kier molecular flexibility index (Phi) is 8.47. The fourth-order valence-electron chi connectivity index (χ4n) is 29.4. The molecule has 32 unspecified atom stereocenters. The number of aromatic nitrogens is 4. The van der Waals surface area contributed by atoms with E-state index in [0.717, 1.165) is 18.9 Å². The van der Waals surface area contributed by atoms with Crippen LogP contribution in [0.5, 0.6) is 0 Å². The third-order valence-corrected chi connectivity index (χ3v) is 30.8. The van der Waals surface area contributed by atoms with Crippen molar-refractivity contribution in [1.29, 1.82) is 0 Å². The molecule has 2 aromatic heterocycles. The van der Waals surface area contributed by atoms with Gasteiger partial charge in [0.2, 0.25) is 0 Å². The normalized spacial score (nSPS) is 51.8. The standard InChI is InChI=1S/C61H48F18N4S2/c1-12-24-18-6-4-16-14-2-3-15-17-5-7-19-31-29(17)36-27(15)26(14)35-28(16)30(18)37-33(24)34-25(12)47-46-39(38(31)44-42(36)41(35)43(37)45(44)40(34)46)32(19)48-49(47)53(48,20-8-9-21(52-51(20)82-85-83-52)55(64,65)57(68,69)59(72,73)61(77,78)79)22-10-13(11-23-50(22)81-84-80-23)54(62,63)56(66,67)58(70,71)60(74,75)76/h4,6,8-12,14-19,24-36,38-42,44-49H,2-3,5,7H2,1H3. The van der Waals surface area contributed by atoms with E-state index in [-0.39, 0.29) is 129 Å². The van der Waals surface area contributed by atoms with Crippen LogP contribution in [-0.4, -0.2) is 53.5 Å². The first-order valence-electron chi connectivity index (χ1n) is 30.4. The first-order chi connectivity index (χ1) is 40.0. The van der Waals surface area contributed by atoms with E-state index in [1.165, 1.54) is 12.8 Å². The maximum Gasteiger partial charge on any atom is 0.460 e. The van der Waals surface area contributed by atoms with Crippen LogP contribution in [0.4, 0.5) is 79.0 Å². The van der Waals surface area contributed by atoms with Crippen LogP contribution in [0.3, 0.4) is 0 Å². The molecular weight excluding hydrogens is 1190 g/mol. The summed E-state index contributed by atoms with van der Waals surface area (Å²) in [7, 11) is 0. The first-order valence-corrected chi connectivity index (χ1v) is 31.8. The van der Waals surface area contributed by atoms with Gasteiger partial charge in [-0.05, 0) is 232 Å². The first kappa shape index (κ1) is 51.1. The predicted molar refractivity (Wildman–Crippen MR) is 264 cm³/mol. The summed E-state index contributed by atoms with van der Waals surface area (Å²) in [5.41, 5.74) is -5.86. The Bertz CT molecular complexity index is 3870. The highest BCUT2D eigenvalue weighted by molar-refractivity contribution is 7.00. The summed E-state index contributed by atoms with van der Waals surface area (Å²) in [6.45, 7) is 2.30. The Hall–Kier alpha value is -3.70.